The monoisotopic (exact) mass is 273 g/mol. The second kappa shape index (κ2) is 8.49. The Morgan fingerprint density at radius 1 is 1.53 bits per heavy atom. The molecule has 1 aromatic rings. The van der Waals surface area contributed by atoms with Gasteiger partial charge in [-0.15, -0.1) is 12.1 Å². The minimum Gasteiger partial charge on any atom is -0.417 e. The Hall–Kier alpha value is -0.816. The molecule has 1 radical (unpaired) electrons. The van der Waals surface area contributed by atoms with Gasteiger partial charge in [-0.05, 0) is 24.4 Å². The van der Waals surface area contributed by atoms with E-state index < -0.39 is 0 Å². The van der Waals surface area contributed by atoms with Crippen molar-refractivity contribution in [1.82, 2.24) is 4.57 Å². The van der Waals surface area contributed by atoms with E-state index >= 15 is 0 Å². The summed E-state index contributed by atoms with van der Waals surface area (Å²) >= 11 is 0. The molecule has 73 valence electrons. The number of allylic oxidation sites excluding steroid dienone is 6. The van der Waals surface area contributed by atoms with Gasteiger partial charge >= 0.3 is 0 Å². The van der Waals surface area contributed by atoms with Crippen LogP contribution in [0.5, 0.6) is 0 Å². The van der Waals surface area contributed by atoms with E-state index in [0.29, 0.717) is 5.69 Å². The molecule has 0 aliphatic heterocycles. The normalized spacial score (nSPS) is 10.7. The number of rotatable bonds is 1. The Morgan fingerprint density at radius 3 is 2.53 bits per heavy atom. The van der Waals surface area contributed by atoms with Crippen LogP contribution in [0, 0.1) is 12.2 Å². The van der Waals surface area contributed by atoms with E-state index in [1.54, 1.807) is 42.3 Å². The van der Waals surface area contributed by atoms with Gasteiger partial charge in [0.15, 0.2) is 0 Å². The maximum absolute atomic E-state index is 9.94. The number of aryl methyl sites for hydroxylation is 1. The van der Waals surface area contributed by atoms with Gasteiger partial charge in [-0.2, -0.15) is 6.07 Å². The summed E-state index contributed by atoms with van der Waals surface area (Å²) in [6, 6.07) is 3.52. The van der Waals surface area contributed by atoms with Crippen molar-refractivity contribution >= 4 is 6.29 Å². The van der Waals surface area contributed by atoms with E-state index in [1.165, 1.54) is 0 Å². The van der Waals surface area contributed by atoms with Crippen LogP contribution < -0.4 is 0 Å². The summed E-state index contributed by atoms with van der Waals surface area (Å²) in [7, 11) is 1.81. The van der Waals surface area contributed by atoms with Crippen molar-refractivity contribution in [2.75, 3.05) is 0 Å². The molecule has 1 aliphatic rings. The number of carbonyl (C=O) groups excluding carboxylic acids is 1. The molecule has 2 rings (SSSR count). The van der Waals surface area contributed by atoms with Gasteiger partial charge in [0.05, 0.1) is 0 Å². The predicted molar refractivity (Wildman–Crippen MR) is 55.0 cm³/mol. The van der Waals surface area contributed by atoms with Gasteiger partial charge in [0.25, 0.3) is 0 Å². The van der Waals surface area contributed by atoms with E-state index in [2.05, 4.69) is 12.2 Å². The number of hydrogen-bond donors (Lipinski definition) is 0. The molecule has 2 nitrogen and oxygen atoms in total. The number of nitrogens with zero attached hydrogens (tertiary/aromatic N) is 1. The van der Waals surface area contributed by atoms with Gasteiger partial charge < -0.3 is 9.36 Å². The fourth-order valence-corrected chi connectivity index (χ4v) is 0.871. The van der Waals surface area contributed by atoms with Gasteiger partial charge in [-0.3, -0.25) is 0 Å². The molecular formula is C12H10NOY-. The SMILES string of the molecule is Cn1cccc1[C-]=O.[C+]1=CC=C[C-]=C1.[Y]. The molecule has 0 N–H and O–H groups in total. The number of hydrogen-bond acceptors (Lipinski definition) is 1. The fourth-order valence-electron chi connectivity index (χ4n) is 0.871. The first-order valence-electron chi connectivity index (χ1n) is 4.16. The Morgan fingerprint density at radius 2 is 2.33 bits per heavy atom. The van der Waals surface area contributed by atoms with Crippen LogP contribution in [0.3, 0.4) is 0 Å². The summed E-state index contributed by atoms with van der Waals surface area (Å²) in [4.78, 5) is 9.94. The van der Waals surface area contributed by atoms with Gasteiger partial charge in [0, 0.05) is 46.0 Å². The number of aromatic nitrogens is 1. The van der Waals surface area contributed by atoms with Crippen molar-refractivity contribution < 1.29 is 37.5 Å². The van der Waals surface area contributed by atoms with E-state index in [4.69, 9.17) is 0 Å². The standard InChI is InChI=1S/C6H6NO.C6H4.Y/c1-7-4-2-3-6(7)5-8;1-2-4-6-5-3-1;/h2-4H,1H3;1-3,6H;/q-1;;. The van der Waals surface area contributed by atoms with Crippen LogP contribution in [0.1, 0.15) is 5.69 Å². The molecule has 0 fully saturated rings. The van der Waals surface area contributed by atoms with E-state index in [0.717, 1.165) is 0 Å². The first-order valence-corrected chi connectivity index (χ1v) is 4.16. The molecule has 1 aromatic heterocycles. The molecule has 1 heterocycles. The summed E-state index contributed by atoms with van der Waals surface area (Å²) in [6.45, 7) is 0. The third kappa shape index (κ3) is 5.58. The summed E-state index contributed by atoms with van der Waals surface area (Å²) < 4.78 is 1.72. The van der Waals surface area contributed by atoms with Crippen molar-refractivity contribution in [3.63, 3.8) is 0 Å². The Bertz CT molecular complexity index is 339. The zero-order valence-electron chi connectivity index (χ0n) is 8.47. The van der Waals surface area contributed by atoms with E-state index in [9.17, 15) is 4.79 Å². The summed E-state index contributed by atoms with van der Waals surface area (Å²) in [5.41, 5.74) is 0.588. The zero-order valence-corrected chi connectivity index (χ0v) is 11.3. The third-order valence-electron chi connectivity index (χ3n) is 1.60. The molecule has 0 aromatic carbocycles. The molecule has 15 heavy (non-hydrogen) atoms. The zero-order chi connectivity index (χ0) is 10.2. The molecular weight excluding hydrogens is 263 g/mol. The van der Waals surface area contributed by atoms with E-state index in [1.807, 2.05) is 18.2 Å². The minimum atomic E-state index is 0. The molecule has 0 saturated carbocycles. The molecule has 0 bridgehead atoms. The Balaban J connectivity index is 0.000000253. The Labute approximate surface area is 115 Å². The average Bonchev–Trinajstić information content (AvgIpc) is 2.67. The van der Waals surface area contributed by atoms with Gasteiger partial charge in [0.2, 0.25) is 0 Å². The van der Waals surface area contributed by atoms with Crippen molar-refractivity contribution in [1.29, 1.82) is 0 Å². The summed E-state index contributed by atoms with van der Waals surface area (Å²) in [5.74, 6) is 0. The van der Waals surface area contributed by atoms with Crippen LogP contribution in [0.25, 0.3) is 0 Å². The molecule has 1 aliphatic carbocycles. The Kier molecular flexibility index (Phi) is 8.03. The maximum Gasteiger partial charge on any atom is 0.0104 e. The first-order chi connectivity index (χ1) is 6.84. The molecule has 0 atom stereocenters. The summed E-state index contributed by atoms with van der Waals surface area (Å²) in [5, 5.41) is 0. The predicted octanol–water partition coefficient (Wildman–Crippen LogP) is 1.76. The van der Waals surface area contributed by atoms with Crippen molar-refractivity contribution in [3.8, 4) is 0 Å². The van der Waals surface area contributed by atoms with Crippen molar-refractivity contribution in [3.05, 3.63) is 60.5 Å². The molecule has 0 saturated heterocycles. The molecule has 0 unspecified atom stereocenters. The molecule has 0 spiro atoms. The second-order valence-electron chi connectivity index (χ2n) is 2.61. The van der Waals surface area contributed by atoms with Crippen molar-refractivity contribution in [2.45, 2.75) is 0 Å². The topological polar surface area (TPSA) is 22.0 Å². The van der Waals surface area contributed by atoms with Crippen LogP contribution in [-0.2, 0) is 44.6 Å². The van der Waals surface area contributed by atoms with E-state index in [-0.39, 0.29) is 32.7 Å². The van der Waals surface area contributed by atoms with Crippen LogP contribution in [0.15, 0.2) is 42.6 Å². The van der Waals surface area contributed by atoms with Gasteiger partial charge in [0.1, 0.15) is 0 Å². The average molecular weight is 273 g/mol. The first kappa shape index (κ1) is 14.2. The van der Waals surface area contributed by atoms with Crippen LogP contribution in [0.4, 0.5) is 0 Å². The third-order valence-corrected chi connectivity index (χ3v) is 1.60. The molecule has 3 heteroatoms. The fraction of sp³-hybridized carbons (Fsp3) is 0.0833. The largest absolute Gasteiger partial charge is 0.417 e. The molecule has 0 amide bonds. The van der Waals surface area contributed by atoms with Gasteiger partial charge in [-0.25, -0.2) is 0 Å². The quantitative estimate of drug-likeness (QED) is 0.715. The van der Waals surface area contributed by atoms with Crippen LogP contribution in [-0.4, -0.2) is 10.9 Å². The van der Waals surface area contributed by atoms with Gasteiger partial charge in [-0.1, -0.05) is 17.8 Å². The van der Waals surface area contributed by atoms with Crippen LogP contribution >= 0.6 is 0 Å². The smallest absolute Gasteiger partial charge is 0.0104 e. The van der Waals surface area contributed by atoms with Crippen LogP contribution in [0.2, 0.25) is 0 Å². The maximum atomic E-state index is 9.94. The van der Waals surface area contributed by atoms with Crippen molar-refractivity contribution in [2.24, 2.45) is 7.05 Å². The minimum absolute atomic E-state index is 0. The second-order valence-corrected chi connectivity index (χ2v) is 2.61. The summed E-state index contributed by atoms with van der Waals surface area (Å²) in [6.07, 6.45) is 16.6.